The number of fused-ring (bicyclic) bond motifs is 2. The van der Waals surface area contributed by atoms with Crippen LogP contribution in [-0.4, -0.2) is 0 Å². The third-order valence-corrected chi connectivity index (χ3v) is 9.07. The predicted octanol–water partition coefficient (Wildman–Crippen LogP) is 9.14. The molecule has 0 amide bonds. The van der Waals surface area contributed by atoms with E-state index in [1.165, 1.54) is 70.6 Å². The highest BCUT2D eigenvalue weighted by atomic mass is 19.1. The van der Waals surface area contributed by atoms with Crippen molar-refractivity contribution in [1.82, 2.24) is 0 Å². The predicted molar refractivity (Wildman–Crippen MR) is 126 cm³/mol. The van der Waals surface area contributed by atoms with Crippen molar-refractivity contribution >= 4 is 0 Å². The zero-order valence-corrected chi connectivity index (χ0v) is 20.0. The fraction of sp³-hybridized carbons (Fsp3) is 0.793. The maximum absolute atomic E-state index is 15.6. The minimum atomic E-state index is -0.245. The third-order valence-electron chi connectivity index (χ3n) is 9.07. The van der Waals surface area contributed by atoms with Gasteiger partial charge < -0.3 is 0 Å². The van der Waals surface area contributed by atoms with E-state index >= 15 is 8.78 Å². The van der Waals surface area contributed by atoms with Gasteiger partial charge in [0.05, 0.1) is 0 Å². The summed E-state index contributed by atoms with van der Waals surface area (Å²) in [5, 5.41) is 0. The largest absolute Gasteiger partial charge is 0.207 e. The molecule has 0 saturated heterocycles. The van der Waals surface area contributed by atoms with E-state index in [9.17, 15) is 0 Å². The Hall–Kier alpha value is -0.920. The van der Waals surface area contributed by atoms with E-state index in [-0.39, 0.29) is 17.6 Å². The van der Waals surface area contributed by atoms with Crippen molar-refractivity contribution in [3.63, 3.8) is 0 Å². The molecular formula is C29H44F2. The molecule has 31 heavy (non-hydrogen) atoms. The lowest BCUT2D eigenvalue weighted by molar-refractivity contribution is 0.111. The van der Waals surface area contributed by atoms with E-state index in [0.29, 0.717) is 17.4 Å². The van der Waals surface area contributed by atoms with Crippen molar-refractivity contribution in [2.45, 2.75) is 122 Å². The molecular weight excluding hydrogens is 386 g/mol. The Labute approximate surface area is 189 Å². The molecule has 2 heteroatoms. The Morgan fingerprint density at radius 3 is 2.35 bits per heavy atom. The van der Waals surface area contributed by atoms with Crippen LogP contribution in [0.2, 0.25) is 0 Å². The molecule has 0 N–H and O–H groups in total. The summed E-state index contributed by atoms with van der Waals surface area (Å²) in [5.41, 5.74) is 2.28. The number of hydrogen-bond acceptors (Lipinski definition) is 0. The summed E-state index contributed by atoms with van der Waals surface area (Å²) >= 11 is 0. The van der Waals surface area contributed by atoms with Gasteiger partial charge >= 0.3 is 0 Å². The van der Waals surface area contributed by atoms with Crippen LogP contribution in [0.15, 0.2) is 6.07 Å². The summed E-state index contributed by atoms with van der Waals surface area (Å²) in [4.78, 5) is 0. The summed E-state index contributed by atoms with van der Waals surface area (Å²) in [7, 11) is 0. The number of benzene rings is 1. The van der Waals surface area contributed by atoms with E-state index in [1.807, 2.05) is 0 Å². The average Bonchev–Trinajstić information content (AvgIpc) is 2.77. The molecule has 2 saturated carbocycles. The van der Waals surface area contributed by atoms with Gasteiger partial charge in [0.25, 0.3) is 0 Å². The fourth-order valence-corrected chi connectivity index (χ4v) is 7.25. The first-order chi connectivity index (χ1) is 15.1. The highest BCUT2D eigenvalue weighted by molar-refractivity contribution is 5.39. The van der Waals surface area contributed by atoms with E-state index in [2.05, 4.69) is 13.8 Å². The second kappa shape index (κ2) is 10.8. The number of halogens is 2. The van der Waals surface area contributed by atoms with E-state index in [4.69, 9.17) is 0 Å². The van der Waals surface area contributed by atoms with Gasteiger partial charge in [-0.15, -0.1) is 0 Å². The zero-order valence-electron chi connectivity index (χ0n) is 20.0. The molecule has 3 aliphatic carbocycles. The topological polar surface area (TPSA) is 0 Å². The van der Waals surface area contributed by atoms with Gasteiger partial charge in [-0.3, -0.25) is 0 Å². The van der Waals surface area contributed by atoms with Gasteiger partial charge in [0.15, 0.2) is 0 Å². The van der Waals surface area contributed by atoms with Crippen LogP contribution in [0.25, 0.3) is 0 Å². The summed E-state index contributed by atoms with van der Waals surface area (Å²) in [6.07, 6.45) is 18.9. The van der Waals surface area contributed by atoms with Gasteiger partial charge in [-0.1, -0.05) is 65.2 Å². The molecule has 0 bridgehead atoms. The van der Waals surface area contributed by atoms with Crippen molar-refractivity contribution in [2.24, 2.45) is 23.7 Å². The van der Waals surface area contributed by atoms with Crippen molar-refractivity contribution in [3.05, 3.63) is 34.4 Å². The van der Waals surface area contributed by atoms with Crippen LogP contribution in [0.5, 0.6) is 0 Å². The minimum absolute atomic E-state index is 0.0982. The van der Waals surface area contributed by atoms with Crippen LogP contribution in [0.1, 0.15) is 126 Å². The quantitative estimate of drug-likeness (QED) is 0.361. The zero-order chi connectivity index (χ0) is 21.8. The van der Waals surface area contributed by atoms with E-state index < -0.39 is 0 Å². The normalized spacial score (nSPS) is 30.6. The van der Waals surface area contributed by atoms with Gasteiger partial charge in [0.2, 0.25) is 0 Å². The van der Waals surface area contributed by atoms with Gasteiger partial charge in [-0.2, -0.15) is 0 Å². The average molecular weight is 431 g/mol. The van der Waals surface area contributed by atoms with Crippen molar-refractivity contribution in [1.29, 1.82) is 0 Å². The Bertz CT molecular complexity index is 724. The smallest absolute Gasteiger partial charge is 0.133 e. The first kappa shape index (κ1) is 23.2. The van der Waals surface area contributed by atoms with Crippen molar-refractivity contribution in [3.8, 4) is 0 Å². The van der Waals surface area contributed by atoms with E-state index in [1.54, 1.807) is 6.07 Å². The van der Waals surface area contributed by atoms with Crippen LogP contribution in [0.4, 0.5) is 8.78 Å². The molecule has 3 aliphatic rings. The van der Waals surface area contributed by atoms with E-state index in [0.717, 1.165) is 55.1 Å². The van der Waals surface area contributed by atoms with Crippen molar-refractivity contribution in [2.75, 3.05) is 0 Å². The molecule has 5 atom stereocenters. The number of unbranched alkanes of at least 4 members (excludes halogenated alkanes) is 3. The summed E-state index contributed by atoms with van der Waals surface area (Å²) in [5.74, 6) is 2.70. The molecule has 174 valence electrons. The van der Waals surface area contributed by atoms with Crippen molar-refractivity contribution < 1.29 is 8.78 Å². The summed E-state index contributed by atoms with van der Waals surface area (Å²) in [6.45, 7) is 4.51. The van der Waals surface area contributed by atoms with Crippen LogP contribution in [0, 0.1) is 35.3 Å². The molecule has 0 nitrogen and oxygen atoms in total. The minimum Gasteiger partial charge on any atom is -0.207 e. The highest BCUT2D eigenvalue weighted by Gasteiger charge is 2.38. The van der Waals surface area contributed by atoms with Crippen LogP contribution in [-0.2, 0) is 12.8 Å². The van der Waals surface area contributed by atoms with Gasteiger partial charge in [-0.25, -0.2) is 8.78 Å². The van der Waals surface area contributed by atoms with Gasteiger partial charge in [0.1, 0.15) is 11.6 Å². The maximum Gasteiger partial charge on any atom is 0.133 e. The lowest BCUT2D eigenvalue weighted by Crippen LogP contribution is -2.31. The molecule has 1 aromatic carbocycles. The third kappa shape index (κ3) is 5.36. The van der Waals surface area contributed by atoms with Gasteiger partial charge in [0, 0.05) is 5.56 Å². The lowest BCUT2D eigenvalue weighted by atomic mass is 9.63. The monoisotopic (exact) mass is 430 g/mol. The number of rotatable bonds is 8. The summed E-state index contributed by atoms with van der Waals surface area (Å²) in [6, 6.07) is 1.73. The summed E-state index contributed by atoms with van der Waals surface area (Å²) < 4.78 is 30.9. The molecule has 0 heterocycles. The Morgan fingerprint density at radius 2 is 1.55 bits per heavy atom. The molecule has 0 spiro atoms. The molecule has 0 aromatic heterocycles. The maximum atomic E-state index is 15.6. The van der Waals surface area contributed by atoms with Crippen LogP contribution >= 0.6 is 0 Å². The number of hydrogen-bond donors (Lipinski definition) is 0. The molecule has 2 fully saturated rings. The molecule has 5 unspecified atom stereocenters. The second-order valence-electron chi connectivity index (χ2n) is 11.2. The lowest BCUT2D eigenvalue weighted by Gasteiger charge is -2.42. The Balaban J connectivity index is 1.42. The molecule has 1 aromatic rings. The molecule has 4 rings (SSSR count). The SMILES string of the molecule is CCCCCC1CCc2c(cc(F)c(C3CCC4CC(CCCC)CCC4C3)c2F)C1. The van der Waals surface area contributed by atoms with Crippen LogP contribution in [0.3, 0.4) is 0 Å². The van der Waals surface area contributed by atoms with Crippen LogP contribution < -0.4 is 0 Å². The fourth-order valence-electron chi connectivity index (χ4n) is 7.25. The second-order valence-corrected chi connectivity index (χ2v) is 11.2. The Kier molecular flexibility index (Phi) is 8.10. The highest BCUT2D eigenvalue weighted by Crippen LogP contribution is 2.49. The molecule has 0 radical (unpaired) electrons. The Morgan fingerprint density at radius 1 is 0.806 bits per heavy atom. The molecule has 0 aliphatic heterocycles. The van der Waals surface area contributed by atoms with Gasteiger partial charge in [-0.05, 0) is 98.1 Å². The first-order valence-electron chi connectivity index (χ1n) is 13.6. The standard InChI is InChI=1S/C29H44F2/c1-3-5-7-9-21-11-15-26-25(17-21)19-27(30)28(29(26)31)24-14-13-22-16-20(8-6-4-2)10-12-23(22)18-24/h19-24H,3-18H2,1-2H3. The first-order valence-corrected chi connectivity index (χ1v) is 13.6.